The number of benzene rings is 2. The van der Waals surface area contributed by atoms with Gasteiger partial charge in [0.2, 0.25) is 17.6 Å². The van der Waals surface area contributed by atoms with Crippen molar-refractivity contribution < 1.29 is 38.5 Å². The van der Waals surface area contributed by atoms with E-state index in [-0.39, 0.29) is 51.5 Å². The number of phenolic OH excluding ortho intramolecular Hbond substituents is 1. The first-order valence-electron chi connectivity index (χ1n) is 15.5. The topological polar surface area (TPSA) is 123 Å². The van der Waals surface area contributed by atoms with Gasteiger partial charge in [0, 0.05) is 41.9 Å². The number of allylic oxidation sites excluding steroid dienone is 7. The van der Waals surface area contributed by atoms with Crippen molar-refractivity contribution in [3.05, 3.63) is 81.4 Å². The summed E-state index contributed by atoms with van der Waals surface area (Å²) >= 11 is 3.26. The fourth-order valence-electron chi connectivity index (χ4n) is 7.59. The van der Waals surface area contributed by atoms with Crippen molar-refractivity contribution in [3.8, 4) is 17.2 Å². The molecule has 11 heteroatoms. The number of hydrogen-bond donors (Lipinski definition) is 1. The summed E-state index contributed by atoms with van der Waals surface area (Å²) < 4.78 is 16.2. The molecule has 2 fully saturated rings. The molecule has 0 saturated carbocycles. The van der Waals surface area contributed by atoms with E-state index in [1.807, 2.05) is 36.4 Å². The zero-order valence-electron chi connectivity index (χ0n) is 25.9. The molecule has 47 heavy (non-hydrogen) atoms. The van der Waals surface area contributed by atoms with Gasteiger partial charge in [0.25, 0.3) is 0 Å². The first-order valence-corrected chi connectivity index (χ1v) is 16.3. The van der Waals surface area contributed by atoms with E-state index in [2.05, 4.69) is 20.8 Å². The molecule has 4 atom stereocenters. The second-order valence-electron chi connectivity index (χ2n) is 12.2. The fourth-order valence-corrected chi connectivity index (χ4v) is 8.04. The third-order valence-corrected chi connectivity index (χ3v) is 10.4. The van der Waals surface area contributed by atoms with E-state index in [0.717, 1.165) is 24.4 Å². The van der Waals surface area contributed by atoms with Crippen LogP contribution >= 0.6 is 15.9 Å². The number of anilines is 2. The van der Waals surface area contributed by atoms with Crippen molar-refractivity contribution in [3.63, 3.8) is 0 Å². The molecule has 0 radical (unpaired) electrons. The Balaban J connectivity index is 1.24. The average molecular weight is 702 g/mol. The van der Waals surface area contributed by atoms with Gasteiger partial charge < -0.3 is 24.2 Å². The van der Waals surface area contributed by atoms with E-state index in [4.69, 9.17) is 14.2 Å². The van der Waals surface area contributed by atoms with Gasteiger partial charge in [0.15, 0.2) is 23.1 Å². The second-order valence-corrected chi connectivity index (χ2v) is 13.1. The zero-order chi connectivity index (χ0) is 33.0. The number of ether oxygens (including phenoxy) is 3. The van der Waals surface area contributed by atoms with Gasteiger partial charge in [-0.1, -0.05) is 23.8 Å². The molecule has 2 aromatic carbocycles. The number of carbonyl (C=O) groups is 4. The second kappa shape index (κ2) is 12.3. The summed E-state index contributed by atoms with van der Waals surface area (Å²) in [6, 6.07) is 10.8. The minimum Gasteiger partial charge on any atom is -0.502 e. The standard InChI is InChI=1S/C36H33BrN2O8/c1-45-29-15-19(16-30(46-2)34(29)42)3-8-23-22-9-10-24-32(25(22)17-26-31(23)28(40)18-27(37)33(26)41)36(44)39(35(24)43)21-6-4-20(5-7-21)38-11-13-47-14-12-38/h3-9,15-16,18,23-25,32,42H,10-14,17H2,1-2H3. The number of rotatable bonds is 6. The number of carbonyl (C=O) groups excluding carboxylic acids is 4. The van der Waals surface area contributed by atoms with Gasteiger partial charge >= 0.3 is 0 Å². The van der Waals surface area contributed by atoms with Crippen LogP contribution in [0.4, 0.5) is 11.4 Å². The van der Waals surface area contributed by atoms with Gasteiger partial charge in [-0.15, -0.1) is 0 Å². The SMILES string of the molecule is COc1cc(C=CC2C3=CCC4C(=O)N(c5ccc(N6CCOCC6)cc5)C(=O)C4C3CC3=C2C(=O)C=C(Br)C3=O)cc(OC)c1O. The number of Topliss-reactive ketones (excluding diaryl/α,β-unsaturated/α-hetero) is 1. The Bertz CT molecular complexity index is 1790. The van der Waals surface area contributed by atoms with E-state index in [1.54, 1.807) is 18.2 Å². The molecule has 2 heterocycles. The Labute approximate surface area is 280 Å². The van der Waals surface area contributed by atoms with Crippen molar-refractivity contribution in [2.45, 2.75) is 12.8 Å². The van der Waals surface area contributed by atoms with Crippen molar-refractivity contribution >= 4 is 56.8 Å². The van der Waals surface area contributed by atoms with Crippen LogP contribution in [0.15, 0.2) is 75.8 Å². The minimum atomic E-state index is -0.673. The van der Waals surface area contributed by atoms with Gasteiger partial charge in [-0.3, -0.25) is 24.1 Å². The number of imide groups is 1. The molecule has 4 unspecified atom stereocenters. The first-order chi connectivity index (χ1) is 22.7. The molecule has 242 valence electrons. The molecule has 0 aromatic heterocycles. The fraction of sp³-hybridized carbons (Fsp3) is 0.333. The van der Waals surface area contributed by atoms with E-state index < -0.39 is 23.7 Å². The largest absolute Gasteiger partial charge is 0.502 e. The van der Waals surface area contributed by atoms with Gasteiger partial charge in [-0.05, 0) is 76.7 Å². The lowest BCUT2D eigenvalue weighted by atomic mass is 9.61. The van der Waals surface area contributed by atoms with E-state index in [9.17, 15) is 24.3 Å². The van der Waals surface area contributed by atoms with Crippen LogP contribution in [0, 0.1) is 23.7 Å². The number of morpholine rings is 1. The summed E-state index contributed by atoms with van der Waals surface area (Å²) in [5, 5.41) is 10.4. The molecule has 2 aliphatic heterocycles. The highest BCUT2D eigenvalue weighted by Crippen LogP contribution is 2.53. The van der Waals surface area contributed by atoms with Crippen molar-refractivity contribution in [1.29, 1.82) is 0 Å². The summed E-state index contributed by atoms with van der Waals surface area (Å²) in [4.78, 5) is 58.5. The monoisotopic (exact) mass is 700 g/mol. The summed E-state index contributed by atoms with van der Waals surface area (Å²) in [7, 11) is 2.87. The Morgan fingerprint density at radius 2 is 1.60 bits per heavy atom. The van der Waals surface area contributed by atoms with Gasteiger partial charge in [0.1, 0.15) is 0 Å². The summed E-state index contributed by atoms with van der Waals surface area (Å²) in [6.45, 7) is 2.85. The molecule has 7 rings (SSSR count). The third-order valence-electron chi connectivity index (χ3n) is 9.85. The molecule has 0 bridgehead atoms. The Morgan fingerprint density at radius 1 is 0.936 bits per heavy atom. The van der Waals surface area contributed by atoms with E-state index in [0.29, 0.717) is 42.0 Å². The smallest absolute Gasteiger partial charge is 0.238 e. The zero-order valence-corrected chi connectivity index (χ0v) is 27.5. The molecular weight excluding hydrogens is 668 g/mol. The number of hydrogen-bond acceptors (Lipinski definition) is 9. The van der Waals surface area contributed by atoms with Gasteiger partial charge in [0.05, 0.1) is 49.4 Å². The van der Waals surface area contributed by atoms with Crippen molar-refractivity contribution in [2.75, 3.05) is 50.3 Å². The van der Waals surface area contributed by atoms with Crippen molar-refractivity contribution in [1.82, 2.24) is 0 Å². The maximum Gasteiger partial charge on any atom is 0.238 e. The number of methoxy groups -OCH3 is 2. The number of halogens is 1. The number of amides is 2. The Kier molecular flexibility index (Phi) is 8.13. The minimum absolute atomic E-state index is 0.136. The highest BCUT2D eigenvalue weighted by atomic mass is 79.9. The van der Waals surface area contributed by atoms with Crippen LogP contribution in [-0.2, 0) is 23.9 Å². The van der Waals surface area contributed by atoms with Crippen LogP contribution in [0.5, 0.6) is 17.2 Å². The lowest BCUT2D eigenvalue weighted by Crippen LogP contribution is -2.40. The number of aromatic hydroxyl groups is 1. The summed E-state index contributed by atoms with van der Waals surface area (Å²) in [6.07, 6.45) is 7.42. The third kappa shape index (κ3) is 5.21. The summed E-state index contributed by atoms with van der Waals surface area (Å²) in [5.74, 6) is -3.11. The molecule has 2 saturated heterocycles. The lowest BCUT2D eigenvalue weighted by molar-refractivity contribution is -0.123. The van der Waals surface area contributed by atoms with Crippen molar-refractivity contribution in [2.24, 2.45) is 23.7 Å². The van der Waals surface area contributed by atoms with Crippen LogP contribution in [0.1, 0.15) is 18.4 Å². The van der Waals surface area contributed by atoms with E-state index in [1.165, 1.54) is 25.2 Å². The highest BCUT2D eigenvalue weighted by molar-refractivity contribution is 9.12. The van der Waals surface area contributed by atoms with Crippen LogP contribution in [0.2, 0.25) is 0 Å². The molecule has 2 amide bonds. The van der Waals surface area contributed by atoms with Crippen LogP contribution < -0.4 is 19.3 Å². The molecule has 3 aliphatic carbocycles. The van der Waals surface area contributed by atoms with E-state index >= 15 is 0 Å². The Morgan fingerprint density at radius 3 is 2.26 bits per heavy atom. The maximum atomic E-state index is 14.2. The number of fused-ring (bicyclic) bond motifs is 3. The van der Waals surface area contributed by atoms with Gasteiger partial charge in [-0.25, -0.2) is 0 Å². The predicted molar refractivity (Wildman–Crippen MR) is 178 cm³/mol. The highest BCUT2D eigenvalue weighted by Gasteiger charge is 2.56. The molecule has 10 nitrogen and oxygen atoms in total. The number of phenols is 1. The molecule has 2 aromatic rings. The van der Waals surface area contributed by atoms with Gasteiger partial charge in [-0.2, -0.15) is 0 Å². The maximum absolute atomic E-state index is 14.2. The van der Waals surface area contributed by atoms with Crippen LogP contribution in [-0.4, -0.2) is 69.0 Å². The van der Waals surface area contributed by atoms with Crippen LogP contribution in [0.25, 0.3) is 6.08 Å². The molecule has 5 aliphatic rings. The van der Waals surface area contributed by atoms with Crippen LogP contribution in [0.3, 0.4) is 0 Å². The quantitative estimate of drug-likeness (QED) is 0.258. The lowest BCUT2D eigenvalue weighted by Gasteiger charge is -2.41. The average Bonchev–Trinajstić information content (AvgIpc) is 3.35. The molecule has 1 N–H and O–H groups in total. The number of nitrogens with zero attached hydrogens (tertiary/aromatic N) is 2. The first kappa shape index (κ1) is 31.1. The number of ketones is 2. The predicted octanol–water partition coefficient (Wildman–Crippen LogP) is 4.76. The normalized spacial score (nSPS) is 25.9. The molecular formula is C36H33BrN2O8. The molecule has 0 spiro atoms. The summed E-state index contributed by atoms with van der Waals surface area (Å²) in [5.41, 5.74) is 3.74. The Hall–Kier alpha value is -4.48.